The fourth-order valence-electron chi connectivity index (χ4n) is 3.83. The van der Waals surface area contributed by atoms with Gasteiger partial charge in [-0.15, -0.1) is 11.3 Å². The number of aryl methyl sites for hydroxylation is 1. The number of rotatable bonds is 4. The van der Waals surface area contributed by atoms with Crippen molar-refractivity contribution in [2.75, 3.05) is 20.8 Å². The minimum atomic E-state index is 0.0522. The molecule has 0 fully saturated rings. The molecule has 1 amide bonds. The Morgan fingerprint density at radius 3 is 2.46 bits per heavy atom. The van der Waals surface area contributed by atoms with Gasteiger partial charge in [-0.05, 0) is 49.6 Å². The number of nitrogens with zero attached hydrogens (tertiary/aromatic N) is 3. The van der Waals surface area contributed by atoms with Crippen LogP contribution in [0, 0.1) is 13.8 Å². The van der Waals surface area contributed by atoms with Gasteiger partial charge in [0, 0.05) is 36.1 Å². The van der Waals surface area contributed by atoms with E-state index in [9.17, 15) is 4.79 Å². The SMILES string of the molecule is COc1cc2c(cc1OC)CN(C(=O)c1cc(C)n(-c3nccs3)c1C)CC2. The normalized spacial score (nSPS) is 13.4. The number of thiazole rings is 1. The monoisotopic (exact) mass is 397 g/mol. The lowest BCUT2D eigenvalue weighted by molar-refractivity contribution is 0.0733. The Hall–Kier alpha value is -2.80. The minimum absolute atomic E-state index is 0.0522. The average Bonchev–Trinajstić information content (AvgIpc) is 3.33. The maximum Gasteiger partial charge on any atom is 0.256 e. The first-order chi connectivity index (χ1) is 13.5. The number of aromatic nitrogens is 2. The van der Waals surface area contributed by atoms with Crippen LogP contribution in [0.5, 0.6) is 11.5 Å². The summed E-state index contributed by atoms with van der Waals surface area (Å²) in [6.07, 6.45) is 2.58. The summed E-state index contributed by atoms with van der Waals surface area (Å²) >= 11 is 1.56. The van der Waals surface area contributed by atoms with Crippen molar-refractivity contribution < 1.29 is 14.3 Å². The summed E-state index contributed by atoms with van der Waals surface area (Å²) in [4.78, 5) is 19.6. The highest BCUT2D eigenvalue weighted by molar-refractivity contribution is 7.12. The number of ether oxygens (including phenoxy) is 2. The molecule has 2 aromatic heterocycles. The maximum atomic E-state index is 13.3. The van der Waals surface area contributed by atoms with Gasteiger partial charge >= 0.3 is 0 Å². The number of hydrogen-bond acceptors (Lipinski definition) is 5. The second-order valence-electron chi connectivity index (χ2n) is 6.89. The molecule has 0 N–H and O–H groups in total. The van der Waals surface area contributed by atoms with Gasteiger partial charge in [-0.3, -0.25) is 9.36 Å². The van der Waals surface area contributed by atoms with E-state index in [2.05, 4.69) is 4.98 Å². The first-order valence-corrected chi connectivity index (χ1v) is 10.0. The van der Waals surface area contributed by atoms with Crippen LogP contribution < -0.4 is 9.47 Å². The summed E-state index contributed by atoms with van der Waals surface area (Å²) in [5.74, 6) is 1.47. The van der Waals surface area contributed by atoms with Gasteiger partial charge in [-0.25, -0.2) is 4.98 Å². The molecule has 28 heavy (non-hydrogen) atoms. The zero-order valence-electron chi connectivity index (χ0n) is 16.5. The Morgan fingerprint density at radius 2 is 1.82 bits per heavy atom. The molecule has 1 aliphatic rings. The van der Waals surface area contributed by atoms with Gasteiger partial charge in [0.2, 0.25) is 0 Å². The molecule has 6 nitrogen and oxygen atoms in total. The molecule has 3 aromatic rings. The quantitative estimate of drug-likeness (QED) is 0.673. The molecule has 0 atom stereocenters. The lowest BCUT2D eigenvalue weighted by atomic mass is 9.98. The van der Waals surface area contributed by atoms with E-state index in [-0.39, 0.29) is 5.91 Å². The Morgan fingerprint density at radius 1 is 1.11 bits per heavy atom. The van der Waals surface area contributed by atoms with Crippen LogP contribution >= 0.6 is 11.3 Å². The highest BCUT2D eigenvalue weighted by atomic mass is 32.1. The molecular weight excluding hydrogens is 374 g/mol. The molecular formula is C21H23N3O3S. The molecule has 0 saturated carbocycles. The highest BCUT2D eigenvalue weighted by Gasteiger charge is 2.26. The molecule has 0 radical (unpaired) electrons. The van der Waals surface area contributed by atoms with E-state index in [0.717, 1.165) is 39.8 Å². The zero-order valence-corrected chi connectivity index (χ0v) is 17.3. The third-order valence-corrected chi connectivity index (χ3v) is 6.03. The number of amides is 1. The number of methoxy groups -OCH3 is 2. The molecule has 0 bridgehead atoms. The zero-order chi connectivity index (χ0) is 19.8. The van der Waals surface area contributed by atoms with Crippen molar-refractivity contribution in [2.24, 2.45) is 0 Å². The van der Waals surface area contributed by atoms with Crippen molar-refractivity contribution in [3.05, 3.63) is 57.9 Å². The first kappa shape index (κ1) is 18.6. The topological polar surface area (TPSA) is 56.6 Å². The maximum absolute atomic E-state index is 13.3. The van der Waals surface area contributed by atoms with Gasteiger partial charge < -0.3 is 14.4 Å². The van der Waals surface area contributed by atoms with Crippen molar-refractivity contribution in [3.63, 3.8) is 0 Å². The molecule has 1 aromatic carbocycles. The van der Waals surface area contributed by atoms with Crippen LogP contribution in [0.3, 0.4) is 0 Å². The van der Waals surface area contributed by atoms with Crippen LogP contribution in [0.15, 0.2) is 29.8 Å². The summed E-state index contributed by atoms with van der Waals surface area (Å²) in [7, 11) is 3.27. The van der Waals surface area contributed by atoms with Gasteiger partial charge in [0.1, 0.15) is 0 Å². The van der Waals surface area contributed by atoms with E-state index in [4.69, 9.17) is 9.47 Å². The number of fused-ring (bicyclic) bond motifs is 1. The van der Waals surface area contributed by atoms with Crippen molar-refractivity contribution in [3.8, 4) is 16.6 Å². The Balaban J connectivity index is 1.63. The predicted octanol–water partition coefficient (Wildman–Crippen LogP) is 3.77. The Labute approximate surface area is 168 Å². The Kier molecular flexibility index (Phi) is 4.85. The molecule has 0 spiro atoms. The van der Waals surface area contributed by atoms with E-state index in [1.54, 1.807) is 31.8 Å². The minimum Gasteiger partial charge on any atom is -0.493 e. The van der Waals surface area contributed by atoms with Crippen molar-refractivity contribution in [1.82, 2.24) is 14.5 Å². The third kappa shape index (κ3) is 3.05. The van der Waals surface area contributed by atoms with Gasteiger partial charge in [0.05, 0.1) is 19.8 Å². The molecule has 4 rings (SSSR count). The van der Waals surface area contributed by atoms with Crippen LogP contribution in [0.25, 0.3) is 5.13 Å². The molecule has 0 unspecified atom stereocenters. The standard InChI is InChI=1S/C21H23N3O3S/c1-13-9-17(14(2)24(13)21-22-6-8-28-21)20(25)23-7-5-15-10-18(26-3)19(27-4)11-16(15)12-23/h6,8-11H,5,7,12H2,1-4H3. The van der Waals surface area contributed by atoms with Crippen LogP contribution in [0.2, 0.25) is 0 Å². The van der Waals surface area contributed by atoms with Crippen LogP contribution in [-0.4, -0.2) is 41.1 Å². The van der Waals surface area contributed by atoms with E-state index >= 15 is 0 Å². The molecule has 7 heteroatoms. The van der Waals surface area contributed by atoms with Crippen molar-refractivity contribution >= 4 is 17.2 Å². The average molecular weight is 398 g/mol. The van der Waals surface area contributed by atoms with Crippen LogP contribution in [-0.2, 0) is 13.0 Å². The molecule has 3 heterocycles. The fourth-order valence-corrected chi connectivity index (χ4v) is 4.58. The van der Waals surface area contributed by atoms with Crippen LogP contribution in [0.1, 0.15) is 32.9 Å². The van der Waals surface area contributed by atoms with Crippen molar-refractivity contribution in [1.29, 1.82) is 0 Å². The highest BCUT2D eigenvalue weighted by Crippen LogP contribution is 2.34. The number of carbonyl (C=O) groups excluding carboxylic acids is 1. The lowest BCUT2D eigenvalue weighted by Crippen LogP contribution is -2.36. The van der Waals surface area contributed by atoms with E-state index in [1.807, 2.05) is 46.9 Å². The predicted molar refractivity (Wildman–Crippen MR) is 109 cm³/mol. The molecule has 0 aliphatic carbocycles. The van der Waals surface area contributed by atoms with Crippen molar-refractivity contribution in [2.45, 2.75) is 26.8 Å². The molecule has 146 valence electrons. The number of benzene rings is 1. The van der Waals surface area contributed by atoms with Gasteiger partial charge in [-0.1, -0.05) is 0 Å². The molecule has 0 saturated heterocycles. The number of carbonyl (C=O) groups is 1. The van der Waals surface area contributed by atoms with E-state index in [0.29, 0.717) is 18.8 Å². The summed E-state index contributed by atoms with van der Waals surface area (Å²) < 4.78 is 12.9. The molecule has 1 aliphatic heterocycles. The number of hydrogen-bond donors (Lipinski definition) is 0. The third-order valence-electron chi connectivity index (χ3n) is 5.28. The smallest absolute Gasteiger partial charge is 0.256 e. The lowest BCUT2D eigenvalue weighted by Gasteiger charge is -2.29. The Bertz CT molecular complexity index is 1020. The van der Waals surface area contributed by atoms with Gasteiger partial charge in [-0.2, -0.15) is 0 Å². The summed E-state index contributed by atoms with van der Waals surface area (Å²) in [6.45, 7) is 5.24. The summed E-state index contributed by atoms with van der Waals surface area (Å²) in [5, 5.41) is 2.83. The fraction of sp³-hybridized carbons (Fsp3) is 0.333. The second-order valence-corrected chi connectivity index (χ2v) is 7.76. The van der Waals surface area contributed by atoms with Gasteiger partial charge in [0.25, 0.3) is 5.91 Å². The van der Waals surface area contributed by atoms with E-state index < -0.39 is 0 Å². The largest absolute Gasteiger partial charge is 0.493 e. The first-order valence-electron chi connectivity index (χ1n) is 9.15. The second kappa shape index (κ2) is 7.31. The summed E-state index contributed by atoms with van der Waals surface area (Å²) in [6, 6.07) is 5.96. The van der Waals surface area contributed by atoms with E-state index in [1.165, 1.54) is 5.56 Å². The van der Waals surface area contributed by atoms with Crippen LogP contribution in [0.4, 0.5) is 0 Å². The summed E-state index contributed by atoms with van der Waals surface area (Å²) in [5.41, 5.74) is 4.98. The van der Waals surface area contributed by atoms with Gasteiger partial charge in [0.15, 0.2) is 16.6 Å².